The molecular weight excluding hydrogens is 390 g/mol. The summed E-state index contributed by atoms with van der Waals surface area (Å²) in [6, 6.07) is 13.1. The van der Waals surface area contributed by atoms with Crippen LogP contribution in [0.2, 0.25) is 0 Å². The van der Waals surface area contributed by atoms with E-state index in [1.807, 2.05) is 41.8 Å². The Morgan fingerprint density at radius 2 is 2.12 bits per heavy atom. The maximum Gasteiger partial charge on any atom is 0.255 e. The summed E-state index contributed by atoms with van der Waals surface area (Å²) in [5.41, 5.74) is 0.567. The average Bonchev–Trinajstić information content (AvgIpc) is 3.28. The fourth-order valence-electron chi connectivity index (χ4n) is 2.35. The highest BCUT2D eigenvalue weighted by Crippen LogP contribution is 2.26. The normalized spacial score (nSPS) is 10.6. The zero-order valence-corrected chi connectivity index (χ0v) is 15.5. The number of benzene rings is 1. The Hall–Kier alpha value is -2.05. The van der Waals surface area contributed by atoms with Crippen molar-refractivity contribution in [3.05, 3.63) is 74.8 Å². The van der Waals surface area contributed by atoms with Gasteiger partial charge in [0.05, 0.1) is 32.0 Å². The van der Waals surface area contributed by atoms with E-state index in [9.17, 15) is 4.79 Å². The van der Waals surface area contributed by atoms with Crippen molar-refractivity contribution in [3.8, 4) is 5.75 Å². The van der Waals surface area contributed by atoms with E-state index in [0.717, 1.165) is 15.1 Å². The van der Waals surface area contributed by atoms with Gasteiger partial charge in [0.2, 0.25) is 0 Å². The Labute approximate surface area is 152 Å². The molecule has 0 unspecified atom stereocenters. The van der Waals surface area contributed by atoms with Crippen LogP contribution in [0.15, 0.2) is 63.0 Å². The molecule has 3 rings (SSSR count). The average molecular weight is 406 g/mol. The van der Waals surface area contributed by atoms with Crippen LogP contribution in [0.25, 0.3) is 0 Å². The zero-order chi connectivity index (χ0) is 16.9. The maximum absolute atomic E-state index is 13.1. The Morgan fingerprint density at radius 3 is 2.79 bits per heavy atom. The number of halogens is 1. The van der Waals surface area contributed by atoms with Gasteiger partial charge in [0.25, 0.3) is 5.91 Å². The molecule has 0 fully saturated rings. The Kier molecular flexibility index (Phi) is 5.37. The predicted molar refractivity (Wildman–Crippen MR) is 97.3 cm³/mol. The molecule has 24 heavy (non-hydrogen) atoms. The fraction of sp³-hybridized carbons (Fsp3) is 0.167. The summed E-state index contributed by atoms with van der Waals surface area (Å²) in [4.78, 5) is 16.0. The van der Waals surface area contributed by atoms with Crippen LogP contribution < -0.4 is 4.74 Å². The molecule has 0 aliphatic rings. The quantitative estimate of drug-likeness (QED) is 0.582. The van der Waals surface area contributed by atoms with E-state index < -0.39 is 0 Å². The van der Waals surface area contributed by atoms with Crippen LogP contribution in [0.3, 0.4) is 0 Å². The number of amides is 1. The number of nitrogens with zero attached hydrogens (tertiary/aromatic N) is 1. The second-order valence-electron chi connectivity index (χ2n) is 5.17. The second-order valence-corrected chi connectivity index (χ2v) is 7.05. The van der Waals surface area contributed by atoms with Gasteiger partial charge in [-0.3, -0.25) is 4.79 Å². The first-order chi connectivity index (χ1) is 11.7. The number of thiophene rings is 1. The van der Waals surface area contributed by atoms with Crippen molar-refractivity contribution in [2.24, 2.45) is 0 Å². The van der Waals surface area contributed by atoms with Gasteiger partial charge < -0.3 is 14.1 Å². The number of methoxy groups -OCH3 is 1. The van der Waals surface area contributed by atoms with Crippen molar-refractivity contribution in [2.45, 2.75) is 13.1 Å². The third-order valence-electron chi connectivity index (χ3n) is 3.54. The Morgan fingerprint density at radius 1 is 1.25 bits per heavy atom. The van der Waals surface area contributed by atoms with E-state index in [2.05, 4.69) is 15.9 Å². The van der Waals surface area contributed by atoms with Gasteiger partial charge in [-0.15, -0.1) is 11.3 Å². The van der Waals surface area contributed by atoms with Crippen molar-refractivity contribution in [1.29, 1.82) is 0 Å². The monoisotopic (exact) mass is 405 g/mol. The lowest BCUT2D eigenvalue weighted by Gasteiger charge is -2.22. The molecule has 0 N–H and O–H groups in total. The minimum absolute atomic E-state index is 0.0782. The highest BCUT2D eigenvalue weighted by Gasteiger charge is 2.21. The molecule has 0 saturated carbocycles. The summed E-state index contributed by atoms with van der Waals surface area (Å²) in [6.45, 7) is 0.939. The largest absolute Gasteiger partial charge is 0.497 e. The standard InChI is InChI=1S/C18H16BrNO3S/c1-22-13-6-7-17(19)16(10-13)18(21)20(11-14-4-2-8-23-14)12-15-5-3-9-24-15/h2-10H,11-12H2,1H3. The summed E-state index contributed by atoms with van der Waals surface area (Å²) >= 11 is 5.09. The molecular formula is C18H16BrNO3S. The zero-order valence-electron chi connectivity index (χ0n) is 13.1. The van der Waals surface area contributed by atoms with Gasteiger partial charge in [-0.1, -0.05) is 6.07 Å². The van der Waals surface area contributed by atoms with Gasteiger partial charge in [0.1, 0.15) is 11.5 Å². The van der Waals surface area contributed by atoms with E-state index in [1.54, 1.807) is 35.7 Å². The number of ether oxygens (including phenoxy) is 1. The van der Waals surface area contributed by atoms with Gasteiger partial charge in [-0.2, -0.15) is 0 Å². The molecule has 0 spiro atoms. The van der Waals surface area contributed by atoms with E-state index in [-0.39, 0.29) is 5.91 Å². The number of rotatable bonds is 6. The Balaban J connectivity index is 1.90. The van der Waals surface area contributed by atoms with E-state index in [4.69, 9.17) is 9.15 Å². The first kappa shape index (κ1) is 16.8. The molecule has 0 radical (unpaired) electrons. The topological polar surface area (TPSA) is 42.7 Å². The summed E-state index contributed by atoms with van der Waals surface area (Å²) < 4.78 is 11.4. The van der Waals surface area contributed by atoms with Crippen LogP contribution in [0.1, 0.15) is 21.0 Å². The first-order valence-electron chi connectivity index (χ1n) is 7.35. The van der Waals surface area contributed by atoms with Gasteiger partial charge in [0.15, 0.2) is 0 Å². The van der Waals surface area contributed by atoms with Crippen molar-refractivity contribution in [3.63, 3.8) is 0 Å². The van der Waals surface area contributed by atoms with Crippen molar-refractivity contribution in [2.75, 3.05) is 7.11 Å². The molecule has 124 valence electrons. The van der Waals surface area contributed by atoms with Crippen LogP contribution in [0.5, 0.6) is 5.75 Å². The highest BCUT2D eigenvalue weighted by molar-refractivity contribution is 9.10. The van der Waals surface area contributed by atoms with Crippen LogP contribution in [-0.2, 0) is 13.1 Å². The number of hydrogen-bond donors (Lipinski definition) is 0. The SMILES string of the molecule is COc1ccc(Br)c(C(=O)N(Cc2ccco2)Cc2cccs2)c1. The van der Waals surface area contributed by atoms with E-state index in [1.165, 1.54) is 0 Å². The fourth-order valence-corrected chi connectivity index (χ4v) is 3.48. The molecule has 1 amide bonds. The van der Waals surface area contributed by atoms with Crippen LogP contribution in [0, 0.1) is 0 Å². The molecule has 4 nitrogen and oxygen atoms in total. The molecule has 1 aromatic carbocycles. The molecule has 0 atom stereocenters. The summed E-state index contributed by atoms with van der Waals surface area (Å²) in [6.07, 6.45) is 1.62. The van der Waals surface area contributed by atoms with Crippen molar-refractivity contribution >= 4 is 33.2 Å². The molecule has 0 aliphatic carbocycles. The van der Waals surface area contributed by atoms with E-state index in [0.29, 0.717) is 24.4 Å². The lowest BCUT2D eigenvalue weighted by Crippen LogP contribution is -2.30. The summed E-state index contributed by atoms with van der Waals surface area (Å²) in [5, 5.41) is 2.01. The number of carbonyl (C=O) groups is 1. The predicted octanol–water partition coefficient (Wildman–Crippen LogP) is 4.95. The number of hydrogen-bond acceptors (Lipinski definition) is 4. The van der Waals surface area contributed by atoms with Crippen molar-refractivity contribution in [1.82, 2.24) is 4.90 Å². The van der Waals surface area contributed by atoms with E-state index >= 15 is 0 Å². The number of carbonyl (C=O) groups excluding carboxylic acids is 1. The van der Waals surface area contributed by atoms with Crippen LogP contribution in [0.4, 0.5) is 0 Å². The smallest absolute Gasteiger partial charge is 0.255 e. The van der Waals surface area contributed by atoms with Crippen molar-refractivity contribution < 1.29 is 13.9 Å². The van der Waals surface area contributed by atoms with Gasteiger partial charge in [0, 0.05) is 9.35 Å². The van der Waals surface area contributed by atoms with Gasteiger partial charge in [-0.25, -0.2) is 0 Å². The lowest BCUT2D eigenvalue weighted by atomic mass is 10.1. The minimum atomic E-state index is -0.0782. The number of furan rings is 1. The molecule has 0 aliphatic heterocycles. The summed E-state index contributed by atoms with van der Waals surface area (Å²) in [7, 11) is 1.59. The third-order valence-corrected chi connectivity index (χ3v) is 5.10. The molecule has 2 aromatic heterocycles. The summed E-state index contributed by atoms with van der Waals surface area (Å²) in [5.74, 6) is 1.32. The second kappa shape index (κ2) is 7.68. The molecule has 0 bridgehead atoms. The molecule has 6 heteroatoms. The van der Waals surface area contributed by atoms with Crippen LogP contribution >= 0.6 is 27.3 Å². The molecule has 0 saturated heterocycles. The third kappa shape index (κ3) is 3.88. The lowest BCUT2D eigenvalue weighted by molar-refractivity contribution is 0.0718. The first-order valence-corrected chi connectivity index (χ1v) is 9.02. The molecule has 3 aromatic rings. The van der Waals surface area contributed by atoms with Gasteiger partial charge >= 0.3 is 0 Å². The minimum Gasteiger partial charge on any atom is -0.497 e. The maximum atomic E-state index is 13.1. The Bertz CT molecular complexity index is 764. The van der Waals surface area contributed by atoms with Crippen LogP contribution in [-0.4, -0.2) is 17.9 Å². The highest BCUT2D eigenvalue weighted by atomic mass is 79.9. The van der Waals surface area contributed by atoms with Gasteiger partial charge in [-0.05, 0) is 57.7 Å². The molecule has 2 heterocycles.